The Labute approximate surface area is 189 Å². The molecule has 0 unspecified atom stereocenters. The van der Waals surface area contributed by atoms with Gasteiger partial charge in [0.2, 0.25) is 0 Å². The molecule has 2 aromatic heterocycles. The van der Waals surface area contributed by atoms with Crippen LogP contribution >= 0.6 is 11.3 Å². The monoisotopic (exact) mass is 447 g/mol. The topological polar surface area (TPSA) is 78.5 Å². The molecule has 172 valence electrons. The van der Waals surface area contributed by atoms with Gasteiger partial charge in [-0.05, 0) is 57.4 Å². The van der Waals surface area contributed by atoms with E-state index in [0.29, 0.717) is 37.5 Å². The molecule has 6 nitrogen and oxygen atoms in total. The molecule has 2 N–H and O–H groups in total. The standard InChI is InChI=1S/C24H37N3O3S/c1-15(2)30-14-18(28)12-27(17-7-5-4-6-8-17)13-21-25-23(29)22-19-10-9-16(3)11-20(19)31-24(22)26-21/h15-18,28H,4-14H2,1-3H3,(H,25,26,29)/t16-,18-/m1/s1. The number of H-pyrrole nitrogens is 1. The maximum atomic E-state index is 13.0. The first-order chi connectivity index (χ1) is 14.9. The molecular formula is C24H37N3O3S. The van der Waals surface area contributed by atoms with E-state index in [1.165, 1.54) is 29.7 Å². The third-order valence-corrected chi connectivity index (χ3v) is 7.87. The maximum Gasteiger partial charge on any atom is 0.259 e. The summed E-state index contributed by atoms with van der Waals surface area (Å²) in [5, 5.41) is 11.4. The average molecular weight is 448 g/mol. The Morgan fingerprint density at radius 1 is 1.26 bits per heavy atom. The molecule has 0 amide bonds. The minimum Gasteiger partial charge on any atom is -0.389 e. The number of hydrogen-bond donors (Lipinski definition) is 2. The third kappa shape index (κ3) is 5.56. The predicted octanol–water partition coefficient (Wildman–Crippen LogP) is 4.03. The van der Waals surface area contributed by atoms with Crippen LogP contribution in [0.2, 0.25) is 0 Å². The van der Waals surface area contributed by atoms with E-state index in [9.17, 15) is 9.90 Å². The highest BCUT2D eigenvalue weighted by Gasteiger charge is 2.26. The van der Waals surface area contributed by atoms with Crippen molar-refractivity contribution in [2.45, 2.75) is 96.9 Å². The van der Waals surface area contributed by atoms with E-state index in [1.807, 2.05) is 13.8 Å². The number of thiophene rings is 1. The highest BCUT2D eigenvalue weighted by atomic mass is 32.1. The quantitative estimate of drug-likeness (QED) is 0.639. The predicted molar refractivity (Wildman–Crippen MR) is 126 cm³/mol. The molecular weight excluding hydrogens is 410 g/mol. The van der Waals surface area contributed by atoms with Crippen LogP contribution in [0.15, 0.2) is 4.79 Å². The Balaban J connectivity index is 1.56. The van der Waals surface area contributed by atoms with E-state index in [1.54, 1.807) is 11.3 Å². The maximum absolute atomic E-state index is 13.0. The van der Waals surface area contributed by atoms with Crippen molar-refractivity contribution in [2.24, 2.45) is 5.92 Å². The lowest BCUT2D eigenvalue weighted by Crippen LogP contribution is -2.43. The molecule has 2 aliphatic rings. The summed E-state index contributed by atoms with van der Waals surface area (Å²) in [5.41, 5.74) is 1.23. The van der Waals surface area contributed by atoms with E-state index in [0.717, 1.165) is 42.3 Å². The van der Waals surface area contributed by atoms with Gasteiger partial charge in [-0.1, -0.05) is 26.2 Å². The van der Waals surface area contributed by atoms with Crippen molar-refractivity contribution in [3.05, 3.63) is 26.6 Å². The summed E-state index contributed by atoms with van der Waals surface area (Å²) >= 11 is 1.70. The fourth-order valence-electron chi connectivity index (χ4n) is 5.08. The molecule has 0 aliphatic heterocycles. The third-order valence-electron chi connectivity index (χ3n) is 6.73. The highest BCUT2D eigenvalue weighted by molar-refractivity contribution is 7.18. The molecule has 31 heavy (non-hydrogen) atoms. The van der Waals surface area contributed by atoms with E-state index in [4.69, 9.17) is 9.72 Å². The Morgan fingerprint density at radius 3 is 2.77 bits per heavy atom. The van der Waals surface area contributed by atoms with Gasteiger partial charge in [0.1, 0.15) is 10.7 Å². The van der Waals surface area contributed by atoms with Gasteiger partial charge in [0.05, 0.1) is 30.7 Å². The number of rotatable bonds is 8. The molecule has 0 bridgehead atoms. The van der Waals surface area contributed by atoms with Crippen LogP contribution < -0.4 is 5.56 Å². The van der Waals surface area contributed by atoms with Crippen molar-refractivity contribution in [1.29, 1.82) is 0 Å². The van der Waals surface area contributed by atoms with Crippen molar-refractivity contribution in [3.8, 4) is 0 Å². The lowest BCUT2D eigenvalue weighted by atomic mass is 9.89. The minimum absolute atomic E-state index is 0.000614. The Kier molecular flexibility index (Phi) is 7.47. The summed E-state index contributed by atoms with van der Waals surface area (Å²) in [7, 11) is 0. The molecule has 7 heteroatoms. The van der Waals surface area contributed by atoms with Crippen LogP contribution in [0, 0.1) is 5.92 Å². The summed E-state index contributed by atoms with van der Waals surface area (Å²) < 4.78 is 5.63. The number of hydrogen-bond acceptors (Lipinski definition) is 6. The first-order valence-electron chi connectivity index (χ1n) is 12.0. The number of ether oxygens (including phenoxy) is 1. The molecule has 0 radical (unpaired) electrons. The smallest absolute Gasteiger partial charge is 0.259 e. The fraction of sp³-hybridized carbons (Fsp3) is 0.750. The van der Waals surface area contributed by atoms with Gasteiger partial charge in [-0.25, -0.2) is 4.98 Å². The van der Waals surface area contributed by atoms with Gasteiger partial charge in [0.25, 0.3) is 5.56 Å². The van der Waals surface area contributed by atoms with Crippen LogP contribution in [0.5, 0.6) is 0 Å². The van der Waals surface area contributed by atoms with Crippen molar-refractivity contribution in [1.82, 2.24) is 14.9 Å². The van der Waals surface area contributed by atoms with E-state index >= 15 is 0 Å². The van der Waals surface area contributed by atoms with Gasteiger partial charge < -0.3 is 14.8 Å². The molecule has 2 aromatic rings. The number of aromatic nitrogens is 2. The normalized spacial score (nSPS) is 21.2. The van der Waals surface area contributed by atoms with Crippen molar-refractivity contribution >= 4 is 21.6 Å². The lowest BCUT2D eigenvalue weighted by Gasteiger charge is -2.35. The number of aliphatic hydroxyl groups is 1. The second-order valence-corrected chi connectivity index (χ2v) is 10.9. The number of aryl methyl sites for hydroxylation is 1. The number of fused-ring (bicyclic) bond motifs is 3. The van der Waals surface area contributed by atoms with Gasteiger partial charge in [-0.15, -0.1) is 11.3 Å². The zero-order chi connectivity index (χ0) is 22.0. The van der Waals surface area contributed by atoms with Crippen LogP contribution in [0.25, 0.3) is 10.2 Å². The van der Waals surface area contributed by atoms with Gasteiger partial charge in [0, 0.05) is 17.5 Å². The van der Waals surface area contributed by atoms with Crippen LogP contribution in [0.4, 0.5) is 0 Å². The minimum atomic E-state index is -0.546. The summed E-state index contributed by atoms with van der Waals surface area (Å²) in [6.45, 7) is 7.69. The van der Waals surface area contributed by atoms with Crippen molar-refractivity contribution in [3.63, 3.8) is 0 Å². The van der Waals surface area contributed by atoms with E-state index in [2.05, 4.69) is 16.8 Å². The Hall–Kier alpha value is -1.28. The molecule has 0 spiro atoms. The average Bonchev–Trinajstić information content (AvgIpc) is 3.10. The number of nitrogens with one attached hydrogen (secondary N) is 1. The fourth-order valence-corrected chi connectivity index (χ4v) is 6.48. The largest absolute Gasteiger partial charge is 0.389 e. The molecule has 2 atom stereocenters. The van der Waals surface area contributed by atoms with Crippen LogP contribution in [-0.4, -0.2) is 51.4 Å². The van der Waals surface area contributed by atoms with Crippen molar-refractivity contribution in [2.75, 3.05) is 13.2 Å². The number of nitrogens with zero attached hydrogens (tertiary/aromatic N) is 2. The molecule has 2 aliphatic carbocycles. The second kappa shape index (κ2) is 10.1. The van der Waals surface area contributed by atoms with Gasteiger partial charge in [-0.3, -0.25) is 9.69 Å². The SMILES string of the molecule is CC(C)OC[C@H](O)CN(Cc1nc2sc3c(c2c(=O)[nH]1)CC[C@@H](C)C3)C1CCCCC1. The number of aliphatic hydroxyl groups excluding tert-OH is 1. The summed E-state index contributed by atoms with van der Waals surface area (Å²) in [5.74, 6) is 1.39. The molecule has 2 heterocycles. The summed E-state index contributed by atoms with van der Waals surface area (Å²) in [4.78, 5) is 25.5. The lowest BCUT2D eigenvalue weighted by molar-refractivity contribution is -0.0189. The Morgan fingerprint density at radius 2 is 2.03 bits per heavy atom. The van der Waals surface area contributed by atoms with Crippen LogP contribution in [0.3, 0.4) is 0 Å². The zero-order valence-corrected chi connectivity index (χ0v) is 20.0. The molecule has 0 aromatic carbocycles. The Bertz CT molecular complexity index is 932. The van der Waals surface area contributed by atoms with Crippen LogP contribution in [-0.2, 0) is 24.1 Å². The zero-order valence-electron chi connectivity index (χ0n) is 19.2. The first kappa shape index (κ1) is 22.9. The van der Waals surface area contributed by atoms with Gasteiger partial charge >= 0.3 is 0 Å². The summed E-state index contributed by atoms with van der Waals surface area (Å²) in [6, 6.07) is 0.417. The molecule has 0 saturated heterocycles. The molecule has 1 saturated carbocycles. The second-order valence-electron chi connectivity index (χ2n) is 9.80. The van der Waals surface area contributed by atoms with E-state index < -0.39 is 6.10 Å². The molecule has 4 rings (SSSR count). The van der Waals surface area contributed by atoms with Gasteiger partial charge in [0.15, 0.2) is 0 Å². The first-order valence-corrected chi connectivity index (χ1v) is 12.8. The highest BCUT2D eigenvalue weighted by Crippen LogP contribution is 2.35. The number of aromatic amines is 1. The van der Waals surface area contributed by atoms with E-state index in [-0.39, 0.29) is 11.7 Å². The van der Waals surface area contributed by atoms with Crippen LogP contribution in [0.1, 0.15) is 75.6 Å². The summed E-state index contributed by atoms with van der Waals surface area (Å²) in [6.07, 6.45) is 8.73. The molecule has 1 fully saturated rings. The van der Waals surface area contributed by atoms with Crippen molar-refractivity contribution < 1.29 is 9.84 Å². The van der Waals surface area contributed by atoms with Gasteiger partial charge in [-0.2, -0.15) is 0 Å².